The molecular weight excluding hydrogens is 236 g/mol. The third-order valence-corrected chi connectivity index (χ3v) is 2.89. The van der Waals surface area contributed by atoms with Crippen LogP contribution in [0.1, 0.15) is 18.1 Å². The van der Waals surface area contributed by atoms with Gasteiger partial charge in [0.05, 0.1) is 0 Å². The highest BCUT2D eigenvalue weighted by atomic mass is 16.5. The number of carbonyl (C=O) groups is 1. The Morgan fingerprint density at radius 1 is 1.05 bits per heavy atom. The Bertz CT molecular complexity index is 464. The zero-order valence-electron chi connectivity index (χ0n) is 11.0. The monoisotopic (exact) mass is 253 g/mol. The van der Waals surface area contributed by atoms with Gasteiger partial charge in [-0.2, -0.15) is 0 Å². The molecule has 0 spiro atoms. The fourth-order valence-electron chi connectivity index (χ4n) is 2.09. The maximum Gasteiger partial charge on any atom is 0.302 e. The molecule has 1 atom stereocenters. The highest BCUT2D eigenvalue weighted by Gasteiger charge is 2.13. The molecule has 0 heterocycles. The van der Waals surface area contributed by atoms with E-state index in [1.165, 1.54) is 12.5 Å². The van der Waals surface area contributed by atoms with Crippen molar-refractivity contribution in [1.82, 2.24) is 0 Å². The number of benzene rings is 2. The normalized spacial score (nSPS) is 10.4. The second-order valence-electron chi connectivity index (χ2n) is 4.53. The lowest BCUT2D eigenvalue weighted by Gasteiger charge is -2.17. The quantitative estimate of drug-likeness (QED) is 0.765. The van der Waals surface area contributed by atoms with Crippen molar-refractivity contribution in [2.24, 2.45) is 0 Å². The van der Waals surface area contributed by atoms with Crippen molar-refractivity contribution in [3.63, 3.8) is 0 Å². The Kier molecular flexibility index (Phi) is 4.73. The number of hydrogen-bond donors (Lipinski definition) is 0. The number of carbonyl (C=O) groups excluding carboxylic acids is 1. The minimum absolute atomic E-state index is 0.123. The van der Waals surface area contributed by atoms with Gasteiger partial charge in [0.1, 0.15) is 6.10 Å². The molecule has 19 heavy (non-hydrogen) atoms. The van der Waals surface area contributed by atoms with Gasteiger partial charge in [-0.3, -0.25) is 4.79 Å². The summed E-state index contributed by atoms with van der Waals surface area (Å²) in [4.78, 5) is 11.2. The summed E-state index contributed by atoms with van der Waals surface area (Å²) in [6.07, 6.45) is 1.34. The van der Waals surface area contributed by atoms with E-state index in [4.69, 9.17) is 4.74 Å². The number of rotatable bonds is 5. The van der Waals surface area contributed by atoms with Crippen molar-refractivity contribution in [3.05, 3.63) is 71.8 Å². The van der Waals surface area contributed by atoms with Gasteiger partial charge in [0.15, 0.2) is 0 Å². The summed E-state index contributed by atoms with van der Waals surface area (Å²) in [5.41, 5.74) is 2.33. The summed E-state index contributed by atoms with van der Waals surface area (Å²) >= 11 is 0. The molecule has 0 saturated carbocycles. The summed E-state index contributed by atoms with van der Waals surface area (Å²) in [6.45, 7) is 1.46. The van der Waals surface area contributed by atoms with Gasteiger partial charge < -0.3 is 4.74 Å². The predicted octanol–water partition coefficient (Wildman–Crippen LogP) is 3.20. The molecule has 1 unspecified atom stereocenters. The van der Waals surface area contributed by atoms with Crippen LogP contribution in [0.5, 0.6) is 0 Å². The first-order valence-electron chi connectivity index (χ1n) is 6.40. The van der Waals surface area contributed by atoms with Crippen molar-refractivity contribution in [2.75, 3.05) is 0 Å². The Labute approximate surface area is 114 Å². The summed E-state index contributed by atoms with van der Waals surface area (Å²) in [7, 11) is 0. The molecule has 2 aromatic rings. The average Bonchev–Trinajstić information content (AvgIpc) is 2.40. The molecule has 2 aromatic carbocycles. The van der Waals surface area contributed by atoms with Crippen LogP contribution < -0.4 is 0 Å². The zero-order chi connectivity index (χ0) is 13.5. The largest absolute Gasteiger partial charge is 0.462 e. The van der Waals surface area contributed by atoms with E-state index in [0.29, 0.717) is 0 Å². The third-order valence-electron chi connectivity index (χ3n) is 2.89. The van der Waals surface area contributed by atoms with Crippen molar-refractivity contribution in [2.45, 2.75) is 25.9 Å². The first-order chi connectivity index (χ1) is 9.24. The maximum absolute atomic E-state index is 11.2. The smallest absolute Gasteiger partial charge is 0.302 e. The third kappa shape index (κ3) is 4.59. The lowest BCUT2D eigenvalue weighted by atomic mass is 10.0. The second-order valence-corrected chi connectivity index (χ2v) is 4.53. The Morgan fingerprint density at radius 2 is 1.63 bits per heavy atom. The standard InChI is InChI=1S/C17H17O2/c1-14(18)19-17(12-15-8-4-2-5-9-15)13-16-10-6-3-7-11-16/h2,4-11,17H,12-13H2,1H3. The minimum atomic E-state index is -0.233. The molecule has 2 nitrogen and oxygen atoms in total. The van der Waals surface area contributed by atoms with Crippen LogP contribution in [0.4, 0.5) is 0 Å². The first kappa shape index (κ1) is 13.3. The molecule has 2 heteroatoms. The summed E-state index contributed by atoms with van der Waals surface area (Å²) in [6, 6.07) is 20.8. The van der Waals surface area contributed by atoms with Crippen LogP contribution >= 0.6 is 0 Å². The van der Waals surface area contributed by atoms with Gasteiger partial charge in [0.2, 0.25) is 0 Å². The van der Waals surface area contributed by atoms with E-state index in [9.17, 15) is 4.79 Å². The second kappa shape index (κ2) is 6.74. The number of ether oxygens (including phenoxy) is 1. The molecule has 97 valence electrons. The summed E-state index contributed by atoms with van der Waals surface area (Å²) in [5, 5.41) is 0. The molecule has 0 aromatic heterocycles. The lowest BCUT2D eigenvalue weighted by molar-refractivity contribution is -0.146. The molecule has 0 bridgehead atoms. The molecule has 0 aliphatic heterocycles. The maximum atomic E-state index is 11.2. The van der Waals surface area contributed by atoms with E-state index < -0.39 is 0 Å². The van der Waals surface area contributed by atoms with Gasteiger partial charge in [-0.25, -0.2) is 0 Å². The van der Waals surface area contributed by atoms with E-state index in [-0.39, 0.29) is 12.1 Å². The van der Waals surface area contributed by atoms with Gasteiger partial charge in [0.25, 0.3) is 0 Å². The van der Waals surface area contributed by atoms with E-state index in [2.05, 4.69) is 18.2 Å². The first-order valence-corrected chi connectivity index (χ1v) is 6.40. The van der Waals surface area contributed by atoms with Crippen molar-refractivity contribution in [3.8, 4) is 0 Å². The predicted molar refractivity (Wildman–Crippen MR) is 74.7 cm³/mol. The molecule has 0 N–H and O–H groups in total. The van der Waals surface area contributed by atoms with Crippen molar-refractivity contribution >= 4 is 5.97 Å². The molecule has 0 fully saturated rings. The van der Waals surface area contributed by atoms with Crippen molar-refractivity contribution in [1.29, 1.82) is 0 Å². The number of esters is 1. The Hall–Kier alpha value is -2.09. The SMILES string of the molecule is CC(=O)OC(Cc1cc[c]cc1)Cc1ccccc1. The van der Waals surface area contributed by atoms with Crippen LogP contribution in [0.15, 0.2) is 54.6 Å². The molecule has 2 rings (SSSR count). The molecule has 0 aliphatic carbocycles. The molecule has 0 aliphatic rings. The molecule has 0 amide bonds. The fourth-order valence-corrected chi connectivity index (χ4v) is 2.09. The fraction of sp³-hybridized carbons (Fsp3) is 0.235. The van der Waals surface area contributed by atoms with E-state index in [1.54, 1.807) is 0 Å². The van der Waals surface area contributed by atoms with Gasteiger partial charge in [-0.1, -0.05) is 54.6 Å². The Morgan fingerprint density at radius 3 is 2.21 bits per heavy atom. The molecule has 0 saturated heterocycles. The minimum Gasteiger partial charge on any atom is -0.462 e. The van der Waals surface area contributed by atoms with Crippen LogP contribution in [0.2, 0.25) is 0 Å². The summed E-state index contributed by atoms with van der Waals surface area (Å²) in [5.74, 6) is -0.233. The van der Waals surface area contributed by atoms with Gasteiger partial charge in [-0.05, 0) is 17.2 Å². The molecular formula is C17H17O2. The van der Waals surface area contributed by atoms with E-state index >= 15 is 0 Å². The van der Waals surface area contributed by atoms with Gasteiger partial charge >= 0.3 is 5.97 Å². The van der Waals surface area contributed by atoms with Crippen LogP contribution in [0.25, 0.3) is 0 Å². The van der Waals surface area contributed by atoms with Crippen LogP contribution in [0, 0.1) is 6.07 Å². The van der Waals surface area contributed by atoms with Gasteiger partial charge in [0, 0.05) is 19.8 Å². The molecule has 1 radical (unpaired) electrons. The van der Waals surface area contributed by atoms with Crippen LogP contribution in [-0.2, 0) is 22.4 Å². The highest BCUT2D eigenvalue weighted by Crippen LogP contribution is 2.12. The lowest BCUT2D eigenvalue weighted by Crippen LogP contribution is -2.21. The van der Waals surface area contributed by atoms with E-state index in [0.717, 1.165) is 18.4 Å². The highest BCUT2D eigenvalue weighted by molar-refractivity contribution is 5.66. The zero-order valence-corrected chi connectivity index (χ0v) is 11.0. The van der Waals surface area contributed by atoms with E-state index in [1.807, 2.05) is 42.5 Å². The van der Waals surface area contributed by atoms with Crippen molar-refractivity contribution < 1.29 is 9.53 Å². The van der Waals surface area contributed by atoms with Gasteiger partial charge in [-0.15, -0.1) is 0 Å². The summed E-state index contributed by atoms with van der Waals surface area (Å²) < 4.78 is 5.41. The van der Waals surface area contributed by atoms with Crippen LogP contribution in [0.3, 0.4) is 0 Å². The number of hydrogen-bond acceptors (Lipinski definition) is 2. The Balaban J connectivity index is 2.06. The topological polar surface area (TPSA) is 26.3 Å². The van der Waals surface area contributed by atoms with Crippen LogP contribution in [-0.4, -0.2) is 12.1 Å². The average molecular weight is 253 g/mol.